The smallest absolute Gasteiger partial charge is 0.276 e. The maximum absolute atomic E-state index is 12.8. The second kappa shape index (κ2) is 6.95. The molecule has 0 unspecified atom stereocenters. The number of benzene rings is 1. The third kappa shape index (κ3) is 3.43. The molecule has 6 heteroatoms. The molecular weight excluding hydrogens is 304 g/mol. The predicted octanol–water partition coefficient (Wildman–Crippen LogP) is 3.79. The van der Waals surface area contributed by atoms with Crippen molar-refractivity contribution in [3.63, 3.8) is 0 Å². The molecule has 3 aromatic rings. The molecule has 2 heterocycles. The summed E-state index contributed by atoms with van der Waals surface area (Å²) in [5.41, 5.74) is 1.94. The van der Waals surface area contributed by atoms with E-state index in [4.69, 9.17) is 4.52 Å². The molecule has 122 valence electrons. The first-order chi connectivity index (χ1) is 11.7. The SMILES string of the molecule is CCN(C(=O)c1cc(Nc2cc(C)on2)ccn1)c1ccccc1. The Morgan fingerprint density at radius 3 is 2.67 bits per heavy atom. The van der Waals surface area contributed by atoms with Crippen LogP contribution in [0.5, 0.6) is 0 Å². The van der Waals surface area contributed by atoms with Gasteiger partial charge in [-0.25, -0.2) is 0 Å². The van der Waals surface area contributed by atoms with Crippen molar-refractivity contribution < 1.29 is 9.32 Å². The number of aromatic nitrogens is 2. The van der Waals surface area contributed by atoms with Crippen LogP contribution in [0, 0.1) is 6.92 Å². The monoisotopic (exact) mass is 322 g/mol. The Balaban J connectivity index is 1.83. The van der Waals surface area contributed by atoms with Crippen LogP contribution in [0.1, 0.15) is 23.2 Å². The number of anilines is 3. The Hall–Kier alpha value is -3.15. The minimum Gasteiger partial charge on any atom is -0.360 e. The zero-order chi connectivity index (χ0) is 16.9. The molecule has 0 aliphatic carbocycles. The third-order valence-corrected chi connectivity index (χ3v) is 3.51. The van der Waals surface area contributed by atoms with Gasteiger partial charge in [-0.05, 0) is 38.1 Å². The summed E-state index contributed by atoms with van der Waals surface area (Å²) < 4.78 is 5.02. The van der Waals surface area contributed by atoms with Crippen molar-refractivity contribution in [1.82, 2.24) is 10.1 Å². The van der Waals surface area contributed by atoms with Crippen LogP contribution >= 0.6 is 0 Å². The van der Waals surface area contributed by atoms with Gasteiger partial charge in [0.25, 0.3) is 5.91 Å². The third-order valence-electron chi connectivity index (χ3n) is 3.51. The molecule has 0 aliphatic heterocycles. The van der Waals surface area contributed by atoms with Crippen molar-refractivity contribution in [2.45, 2.75) is 13.8 Å². The molecule has 1 N–H and O–H groups in total. The fraction of sp³-hybridized carbons (Fsp3) is 0.167. The first-order valence-corrected chi connectivity index (χ1v) is 7.70. The number of rotatable bonds is 5. The summed E-state index contributed by atoms with van der Waals surface area (Å²) >= 11 is 0. The number of pyridine rings is 1. The van der Waals surface area contributed by atoms with Crippen molar-refractivity contribution in [2.24, 2.45) is 0 Å². The number of nitrogens with zero attached hydrogens (tertiary/aromatic N) is 3. The van der Waals surface area contributed by atoms with E-state index in [0.29, 0.717) is 23.8 Å². The standard InChI is InChI=1S/C18H18N4O2/c1-3-22(15-7-5-4-6-8-15)18(23)16-12-14(9-10-19-16)20-17-11-13(2)24-21-17/h4-12H,3H2,1-2H3,(H,19,20,21). The zero-order valence-corrected chi connectivity index (χ0v) is 13.6. The summed E-state index contributed by atoms with van der Waals surface area (Å²) in [6.07, 6.45) is 1.60. The lowest BCUT2D eigenvalue weighted by molar-refractivity contribution is 0.0983. The van der Waals surface area contributed by atoms with Gasteiger partial charge in [0, 0.05) is 30.2 Å². The van der Waals surface area contributed by atoms with E-state index < -0.39 is 0 Å². The molecule has 3 rings (SSSR count). The number of aryl methyl sites for hydroxylation is 1. The number of carbonyl (C=O) groups is 1. The summed E-state index contributed by atoms with van der Waals surface area (Å²) in [4.78, 5) is 18.7. The van der Waals surface area contributed by atoms with Gasteiger partial charge >= 0.3 is 0 Å². The topological polar surface area (TPSA) is 71.3 Å². The van der Waals surface area contributed by atoms with Crippen molar-refractivity contribution in [3.05, 3.63) is 66.2 Å². The van der Waals surface area contributed by atoms with E-state index >= 15 is 0 Å². The summed E-state index contributed by atoms with van der Waals surface area (Å²) in [5, 5.41) is 6.98. The van der Waals surface area contributed by atoms with Crippen molar-refractivity contribution in [2.75, 3.05) is 16.8 Å². The highest BCUT2D eigenvalue weighted by Crippen LogP contribution is 2.19. The molecular formula is C18H18N4O2. The quantitative estimate of drug-likeness (QED) is 0.774. The lowest BCUT2D eigenvalue weighted by atomic mass is 10.2. The van der Waals surface area contributed by atoms with Gasteiger partial charge in [0.15, 0.2) is 5.82 Å². The van der Waals surface area contributed by atoms with Gasteiger partial charge in [-0.15, -0.1) is 0 Å². The normalized spacial score (nSPS) is 10.4. The lowest BCUT2D eigenvalue weighted by Crippen LogP contribution is -2.31. The maximum Gasteiger partial charge on any atom is 0.276 e. The van der Waals surface area contributed by atoms with E-state index in [0.717, 1.165) is 11.4 Å². The maximum atomic E-state index is 12.8. The molecule has 0 atom stereocenters. The largest absolute Gasteiger partial charge is 0.360 e. The summed E-state index contributed by atoms with van der Waals surface area (Å²) in [7, 11) is 0. The van der Waals surface area contributed by atoms with Gasteiger partial charge in [0.05, 0.1) is 0 Å². The fourth-order valence-electron chi connectivity index (χ4n) is 2.39. The van der Waals surface area contributed by atoms with E-state index in [2.05, 4.69) is 15.5 Å². The molecule has 1 amide bonds. The van der Waals surface area contributed by atoms with Gasteiger partial charge in [-0.3, -0.25) is 9.78 Å². The average Bonchev–Trinajstić information content (AvgIpc) is 3.01. The van der Waals surface area contributed by atoms with Crippen molar-refractivity contribution >= 4 is 23.1 Å². The Kier molecular flexibility index (Phi) is 4.56. The molecule has 2 aromatic heterocycles. The molecule has 24 heavy (non-hydrogen) atoms. The highest BCUT2D eigenvalue weighted by molar-refractivity contribution is 6.05. The van der Waals surface area contributed by atoms with Crippen LogP contribution in [0.3, 0.4) is 0 Å². The first kappa shape index (κ1) is 15.7. The van der Waals surface area contributed by atoms with E-state index in [1.807, 2.05) is 44.2 Å². The first-order valence-electron chi connectivity index (χ1n) is 7.70. The lowest BCUT2D eigenvalue weighted by Gasteiger charge is -2.20. The zero-order valence-electron chi connectivity index (χ0n) is 13.6. The van der Waals surface area contributed by atoms with Crippen LogP contribution in [0.2, 0.25) is 0 Å². The summed E-state index contributed by atoms with van der Waals surface area (Å²) in [6.45, 7) is 4.31. The molecule has 0 saturated heterocycles. The summed E-state index contributed by atoms with van der Waals surface area (Å²) in [6, 6.07) is 14.8. The van der Waals surface area contributed by atoms with Gasteiger partial charge in [-0.2, -0.15) is 0 Å². The van der Waals surface area contributed by atoms with Gasteiger partial charge in [0.1, 0.15) is 11.5 Å². The van der Waals surface area contributed by atoms with E-state index in [-0.39, 0.29) is 5.91 Å². The van der Waals surface area contributed by atoms with Crippen LogP contribution in [-0.2, 0) is 0 Å². The molecule has 0 bridgehead atoms. The molecule has 0 fully saturated rings. The van der Waals surface area contributed by atoms with E-state index in [9.17, 15) is 4.79 Å². The Labute approximate surface area is 140 Å². The van der Waals surface area contributed by atoms with Gasteiger partial charge in [0.2, 0.25) is 0 Å². The second-order valence-corrected chi connectivity index (χ2v) is 5.26. The number of para-hydroxylation sites is 1. The molecule has 0 saturated carbocycles. The molecule has 0 radical (unpaired) electrons. The van der Waals surface area contributed by atoms with Gasteiger partial charge in [-0.1, -0.05) is 23.4 Å². The minimum atomic E-state index is -0.149. The van der Waals surface area contributed by atoms with Gasteiger partial charge < -0.3 is 14.7 Å². The van der Waals surface area contributed by atoms with E-state index in [1.165, 1.54) is 0 Å². The number of amides is 1. The summed E-state index contributed by atoms with van der Waals surface area (Å²) in [5.74, 6) is 1.15. The van der Waals surface area contributed by atoms with E-state index in [1.54, 1.807) is 29.3 Å². The number of hydrogen-bond acceptors (Lipinski definition) is 5. The van der Waals surface area contributed by atoms with Crippen LogP contribution in [0.25, 0.3) is 0 Å². The number of hydrogen-bond donors (Lipinski definition) is 1. The second-order valence-electron chi connectivity index (χ2n) is 5.26. The highest BCUT2D eigenvalue weighted by Gasteiger charge is 2.17. The Bertz CT molecular complexity index is 830. The minimum absolute atomic E-state index is 0.149. The van der Waals surface area contributed by atoms with Crippen molar-refractivity contribution in [1.29, 1.82) is 0 Å². The Morgan fingerprint density at radius 2 is 2.00 bits per heavy atom. The predicted molar refractivity (Wildman–Crippen MR) is 92.6 cm³/mol. The van der Waals surface area contributed by atoms with Crippen LogP contribution in [0.15, 0.2) is 59.3 Å². The van der Waals surface area contributed by atoms with Crippen LogP contribution in [0.4, 0.5) is 17.2 Å². The molecule has 1 aromatic carbocycles. The fourth-order valence-corrected chi connectivity index (χ4v) is 2.39. The van der Waals surface area contributed by atoms with Crippen LogP contribution in [-0.4, -0.2) is 22.6 Å². The molecule has 0 spiro atoms. The Morgan fingerprint density at radius 1 is 1.21 bits per heavy atom. The molecule has 6 nitrogen and oxygen atoms in total. The highest BCUT2D eigenvalue weighted by atomic mass is 16.5. The number of nitrogens with one attached hydrogen (secondary N) is 1. The number of carbonyl (C=O) groups excluding carboxylic acids is 1. The average molecular weight is 322 g/mol. The van der Waals surface area contributed by atoms with Crippen molar-refractivity contribution in [3.8, 4) is 0 Å². The van der Waals surface area contributed by atoms with Crippen LogP contribution < -0.4 is 10.2 Å². The molecule has 0 aliphatic rings.